The number of hydrogen-bond donors (Lipinski definition) is 2. The number of carboxylic acid groups (broad SMARTS) is 1. The molecule has 6 heteroatoms. The zero-order chi connectivity index (χ0) is 23.2. The van der Waals surface area contributed by atoms with Gasteiger partial charge >= 0.3 is 5.97 Å². The molecule has 1 aromatic heterocycles. The summed E-state index contributed by atoms with van der Waals surface area (Å²) >= 11 is 0. The first-order valence-corrected chi connectivity index (χ1v) is 10.9. The SMILES string of the molecule is COc1ccc(Cn2c(C(=O)O)c(CNCCc3ccccc3OC)c3ccccc32)cc1. The lowest BCUT2D eigenvalue weighted by Gasteiger charge is -2.11. The van der Waals surface area contributed by atoms with Crippen LogP contribution in [-0.4, -0.2) is 36.4 Å². The molecular weight excluding hydrogens is 416 g/mol. The summed E-state index contributed by atoms with van der Waals surface area (Å²) in [5, 5.41) is 14.5. The van der Waals surface area contributed by atoms with Crippen molar-refractivity contribution in [2.24, 2.45) is 0 Å². The highest BCUT2D eigenvalue weighted by Crippen LogP contribution is 2.28. The Kier molecular flexibility index (Phi) is 6.95. The van der Waals surface area contributed by atoms with Gasteiger partial charge in [0.1, 0.15) is 17.2 Å². The highest BCUT2D eigenvalue weighted by molar-refractivity contribution is 5.98. The van der Waals surface area contributed by atoms with E-state index >= 15 is 0 Å². The van der Waals surface area contributed by atoms with Gasteiger partial charge in [0.25, 0.3) is 0 Å². The van der Waals surface area contributed by atoms with Crippen LogP contribution in [0.2, 0.25) is 0 Å². The average Bonchev–Trinajstić information content (AvgIpc) is 3.16. The fourth-order valence-corrected chi connectivity index (χ4v) is 4.22. The van der Waals surface area contributed by atoms with Gasteiger partial charge in [0.15, 0.2) is 0 Å². The molecule has 0 saturated heterocycles. The number of fused-ring (bicyclic) bond motifs is 1. The zero-order valence-corrected chi connectivity index (χ0v) is 18.9. The Morgan fingerprint density at radius 1 is 0.939 bits per heavy atom. The van der Waals surface area contributed by atoms with E-state index in [4.69, 9.17) is 9.47 Å². The number of para-hydroxylation sites is 2. The number of carboxylic acids is 1. The average molecular weight is 445 g/mol. The largest absolute Gasteiger partial charge is 0.497 e. The van der Waals surface area contributed by atoms with Crippen molar-refractivity contribution in [2.45, 2.75) is 19.5 Å². The minimum atomic E-state index is -0.929. The molecule has 0 aliphatic rings. The molecule has 0 bridgehead atoms. The first-order chi connectivity index (χ1) is 16.1. The normalized spacial score (nSPS) is 11.0. The Labute approximate surface area is 193 Å². The number of benzene rings is 3. The molecule has 170 valence electrons. The molecule has 4 rings (SSSR count). The van der Waals surface area contributed by atoms with Gasteiger partial charge in [0, 0.05) is 29.6 Å². The van der Waals surface area contributed by atoms with Gasteiger partial charge in [-0.3, -0.25) is 0 Å². The fourth-order valence-electron chi connectivity index (χ4n) is 4.22. The second kappa shape index (κ2) is 10.2. The number of aromatic carboxylic acids is 1. The number of hydrogen-bond acceptors (Lipinski definition) is 4. The van der Waals surface area contributed by atoms with E-state index in [0.29, 0.717) is 25.3 Å². The van der Waals surface area contributed by atoms with Gasteiger partial charge in [-0.15, -0.1) is 0 Å². The van der Waals surface area contributed by atoms with E-state index in [-0.39, 0.29) is 0 Å². The lowest BCUT2D eigenvalue weighted by atomic mass is 10.1. The summed E-state index contributed by atoms with van der Waals surface area (Å²) in [7, 11) is 3.30. The van der Waals surface area contributed by atoms with Gasteiger partial charge < -0.3 is 24.5 Å². The van der Waals surface area contributed by atoms with Crippen molar-refractivity contribution < 1.29 is 19.4 Å². The Morgan fingerprint density at radius 2 is 1.67 bits per heavy atom. The number of methoxy groups -OCH3 is 2. The van der Waals surface area contributed by atoms with Crippen molar-refractivity contribution in [3.8, 4) is 11.5 Å². The van der Waals surface area contributed by atoms with E-state index in [2.05, 4.69) is 5.32 Å². The third-order valence-corrected chi connectivity index (χ3v) is 5.84. The summed E-state index contributed by atoms with van der Waals surface area (Å²) in [6.45, 7) is 1.64. The lowest BCUT2D eigenvalue weighted by Crippen LogP contribution is -2.19. The maximum absolute atomic E-state index is 12.4. The Balaban J connectivity index is 1.59. The highest BCUT2D eigenvalue weighted by Gasteiger charge is 2.22. The van der Waals surface area contributed by atoms with Crippen molar-refractivity contribution in [3.05, 3.63) is 95.2 Å². The second-order valence-corrected chi connectivity index (χ2v) is 7.82. The summed E-state index contributed by atoms with van der Waals surface area (Å²) in [5.74, 6) is 0.706. The number of nitrogens with one attached hydrogen (secondary N) is 1. The molecule has 1 heterocycles. The predicted octanol–water partition coefficient (Wildman–Crippen LogP) is 4.74. The maximum atomic E-state index is 12.4. The molecule has 0 fully saturated rings. The zero-order valence-electron chi connectivity index (χ0n) is 18.9. The van der Waals surface area contributed by atoms with Gasteiger partial charge in [0.2, 0.25) is 0 Å². The topological polar surface area (TPSA) is 72.7 Å². The summed E-state index contributed by atoms with van der Waals surface area (Å²) in [4.78, 5) is 12.4. The molecule has 0 radical (unpaired) electrons. The van der Waals surface area contributed by atoms with Crippen LogP contribution < -0.4 is 14.8 Å². The first kappa shape index (κ1) is 22.4. The number of nitrogens with zero attached hydrogens (tertiary/aromatic N) is 1. The number of aromatic nitrogens is 1. The van der Waals surface area contributed by atoms with E-state index in [1.807, 2.05) is 77.4 Å². The molecule has 4 aromatic rings. The molecule has 33 heavy (non-hydrogen) atoms. The monoisotopic (exact) mass is 444 g/mol. The molecule has 0 aliphatic carbocycles. The van der Waals surface area contributed by atoms with Gasteiger partial charge in [0.05, 0.1) is 14.2 Å². The van der Waals surface area contributed by atoms with E-state index < -0.39 is 5.97 Å². The molecule has 0 aliphatic heterocycles. The Bertz CT molecular complexity index is 1240. The van der Waals surface area contributed by atoms with Crippen molar-refractivity contribution in [1.82, 2.24) is 9.88 Å². The number of carbonyl (C=O) groups is 1. The van der Waals surface area contributed by atoms with Crippen LogP contribution in [0, 0.1) is 0 Å². The summed E-state index contributed by atoms with van der Waals surface area (Å²) in [6, 6.07) is 23.5. The van der Waals surface area contributed by atoms with Crippen LogP contribution in [0.25, 0.3) is 10.9 Å². The molecule has 0 atom stereocenters. The highest BCUT2D eigenvalue weighted by atomic mass is 16.5. The summed E-state index contributed by atoms with van der Waals surface area (Å²) in [5.41, 5.74) is 4.15. The molecule has 2 N–H and O–H groups in total. The number of ether oxygens (including phenoxy) is 2. The molecule has 0 amide bonds. The third-order valence-electron chi connectivity index (χ3n) is 5.84. The third kappa shape index (κ3) is 4.86. The van der Waals surface area contributed by atoms with E-state index in [1.54, 1.807) is 14.2 Å². The Morgan fingerprint density at radius 3 is 2.39 bits per heavy atom. The van der Waals surface area contributed by atoms with E-state index in [0.717, 1.165) is 45.5 Å². The minimum absolute atomic E-state index is 0.316. The van der Waals surface area contributed by atoms with Crippen LogP contribution in [0.4, 0.5) is 0 Å². The summed E-state index contributed by atoms with van der Waals surface area (Å²) < 4.78 is 12.6. The second-order valence-electron chi connectivity index (χ2n) is 7.82. The maximum Gasteiger partial charge on any atom is 0.352 e. The van der Waals surface area contributed by atoms with E-state index in [9.17, 15) is 9.90 Å². The Hall–Kier alpha value is -3.77. The van der Waals surface area contributed by atoms with Crippen LogP contribution in [0.1, 0.15) is 27.2 Å². The van der Waals surface area contributed by atoms with Crippen LogP contribution in [0.3, 0.4) is 0 Å². The van der Waals surface area contributed by atoms with Crippen molar-refractivity contribution in [2.75, 3.05) is 20.8 Å². The molecule has 0 saturated carbocycles. The quantitative estimate of drug-likeness (QED) is 0.346. The van der Waals surface area contributed by atoms with Crippen molar-refractivity contribution in [1.29, 1.82) is 0 Å². The number of rotatable bonds is 10. The standard InChI is InChI=1S/C27H28N2O4/c1-32-21-13-11-19(12-14-21)18-29-24-9-5-4-8-22(24)23(26(29)27(30)31)17-28-16-15-20-7-3-6-10-25(20)33-2/h3-14,28H,15-18H2,1-2H3,(H,30,31). The van der Waals surface area contributed by atoms with Gasteiger partial charge in [-0.2, -0.15) is 0 Å². The van der Waals surface area contributed by atoms with Crippen LogP contribution >= 0.6 is 0 Å². The molecule has 0 spiro atoms. The smallest absolute Gasteiger partial charge is 0.352 e. The summed E-state index contributed by atoms with van der Waals surface area (Å²) in [6.07, 6.45) is 0.789. The molecule has 0 unspecified atom stereocenters. The van der Waals surface area contributed by atoms with Crippen LogP contribution in [0.15, 0.2) is 72.8 Å². The first-order valence-electron chi connectivity index (χ1n) is 10.9. The van der Waals surface area contributed by atoms with Crippen LogP contribution in [-0.2, 0) is 19.5 Å². The van der Waals surface area contributed by atoms with Gasteiger partial charge in [-0.1, -0.05) is 48.5 Å². The molecule has 3 aromatic carbocycles. The van der Waals surface area contributed by atoms with Crippen LogP contribution in [0.5, 0.6) is 11.5 Å². The fraction of sp³-hybridized carbons (Fsp3) is 0.222. The minimum Gasteiger partial charge on any atom is -0.497 e. The van der Waals surface area contributed by atoms with Crippen molar-refractivity contribution in [3.63, 3.8) is 0 Å². The van der Waals surface area contributed by atoms with Crippen molar-refractivity contribution >= 4 is 16.9 Å². The molecule has 6 nitrogen and oxygen atoms in total. The molecular formula is C27H28N2O4. The lowest BCUT2D eigenvalue weighted by molar-refractivity contribution is 0.0684. The van der Waals surface area contributed by atoms with Gasteiger partial charge in [-0.25, -0.2) is 4.79 Å². The van der Waals surface area contributed by atoms with Gasteiger partial charge in [-0.05, 0) is 48.4 Å². The predicted molar refractivity (Wildman–Crippen MR) is 129 cm³/mol. The van der Waals surface area contributed by atoms with E-state index in [1.165, 1.54) is 0 Å².